The summed E-state index contributed by atoms with van der Waals surface area (Å²) in [7, 11) is 0. The fraction of sp³-hybridized carbons (Fsp3) is 0.348. The maximum Gasteiger partial charge on any atom is 0.265 e. The first kappa shape index (κ1) is 20.4. The number of benzene rings is 2. The molecule has 30 heavy (non-hydrogen) atoms. The minimum absolute atomic E-state index is 0.0345. The third-order valence-electron chi connectivity index (χ3n) is 5.43. The van der Waals surface area contributed by atoms with Gasteiger partial charge in [0.05, 0.1) is 24.8 Å². The molecule has 1 atom stereocenters. The Labute approximate surface area is 175 Å². The smallest absolute Gasteiger partial charge is 0.265 e. The average molecular weight is 409 g/mol. The van der Waals surface area contributed by atoms with Crippen LogP contribution in [0.4, 0.5) is 10.1 Å². The van der Waals surface area contributed by atoms with E-state index in [2.05, 4.69) is 9.89 Å². The van der Waals surface area contributed by atoms with Gasteiger partial charge in [-0.1, -0.05) is 30.3 Å². The molecule has 7 heteroatoms. The summed E-state index contributed by atoms with van der Waals surface area (Å²) < 4.78 is 19.7. The van der Waals surface area contributed by atoms with E-state index < -0.39 is 23.5 Å². The highest BCUT2D eigenvalue weighted by molar-refractivity contribution is 6.29. The number of morpholine rings is 1. The summed E-state index contributed by atoms with van der Waals surface area (Å²) in [5.74, 6) is -2.33. The third kappa shape index (κ3) is 4.17. The minimum atomic E-state index is -0.720. The van der Waals surface area contributed by atoms with E-state index in [1.54, 1.807) is 36.5 Å². The van der Waals surface area contributed by atoms with E-state index >= 15 is 0 Å². The van der Waals surface area contributed by atoms with Gasteiger partial charge >= 0.3 is 0 Å². The molecule has 1 fully saturated rings. The quantitative estimate of drug-likeness (QED) is 0.418. The van der Waals surface area contributed by atoms with Gasteiger partial charge < -0.3 is 4.74 Å². The van der Waals surface area contributed by atoms with Crippen molar-refractivity contribution in [2.45, 2.75) is 12.3 Å². The van der Waals surface area contributed by atoms with Gasteiger partial charge in [-0.05, 0) is 30.2 Å². The zero-order valence-corrected chi connectivity index (χ0v) is 16.7. The van der Waals surface area contributed by atoms with Crippen molar-refractivity contribution in [1.82, 2.24) is 4.90 Å². The van der Waals surface area contributed by atoms with Crippen molar-refractivity contribution in [3.05, 3.63) is 65.5 Å². The van der Waals surface area contributed by atoms with E-state index in [0.29, 0.717) is 17.7 Å². The number of ether oxygens (including phenoxy) is 1. The fourth-order valence-corrected chi connectivity index (χ4v) is 3.85. The first-order chi connectivity index (χ1) is 14.7. The average Bonchev–Trinajstić information content (AvgIpc) is 2.77. The van der Waals surface area contributed by atoms with Crippen LogP contribution < -0.4 is 4.90 Å². The van der Waals surface area contributed by atoms with Gasteiger partial charge in [-0.3, -0.25) is 19.5 Å². The summed E-state index contributed by atoms with van der Waals surface area (Å²) in [6, 6.07) is 12.8. The lowest BCUT2D eigenvalue weighted by Crippen LogP contribution is -2.46. The summed E-state index contributed by atoms with van der Waals surface area (Å²) in [5, 5.41) is 0. The number of aliphatic imine (C=N–C) groups is 1. The number of fused-ring (bicyclic) bond motifs is 1. The van der Waals surface area contributed by atoms with Crippen molar-refractivity contribution in [3.8, 4) is 0 Å². The molecule has 0 radical (unpaired) electrons. The molecule has 0 spiro atoms. The van der Waals surface area contributed by atoms with Crippen LogP contribution in [0.5, 0.6) is 0 Å². The van der Waals surface area contributed by atoms with E-state index in [0.717, 1.165) is 44.2 Å². The van der Waals surface area contributed by atoms with Crippen LogP contribution in [0, 0.1) is 5.82 Å². The number of nitrogens with zero attached hydrogens (tertiary/aromatic N) is 3. The molecule has 0 aliphatic carbocycles. The van der Waals surface area contributed by atoms with Gasteiger partial charge in [-0.15, -0.1) is 0 Å². The van der Waals surface area contributed by atoms with E-state index in [9.17, 15) is 14.0 Å². The summed E-state index contributed by atoms with van der Waals surface area (Å²) in [5.41, 5.74) is 0.967. The summed E-state index contributed by atoms with van der Waals surface area (Å²) >= 11 is 0. The van der Waals surface area contributed by atoms with Gasteiger partial charge in [-0.2, -0.15) is 0 Å². The predicted octanol–water partition coefficient (Wildman–Crippen LogP) is 2.89. The number of anilines is 1. The van der Waals surface area contributed by atoms with Gasteiger partial charge in [0, 0.05) is 38.0 Å². The topological polar surface area (TPSA) is 62.2 Å². The Balaban J connectivity index is 1.52. The Morgan fingerprint density at radius 3 is 2.60 bits per heavy atom. The second-order valence-corrected chi connectivity index (χ2v) is 7.36. The van der Waals surface area contributed by atoms with Crippen LogP contribution in [0.15, 0.2) is 53.5 Å². The van der Waals surface area contributed by atoms with Crippen molar-refractivity contribution < 1.29 is 18.7 Å². The zero-order chi connectivity index (χ0) is 20.9. The van der Waals surface area contributed by atoms with Gasteiger partial charge in [0.15, 0.2) is 0 Å². The summed E-state index contributed by atoms with van der Waals surface area (Å²) in [6.07, 6.45) is 2.47. The highest BCUT2D eigenvalue weighted by atomic mass is 19.1. The first-order valence-corrected chi connectivity index (χ1v) is 10.2. The normalized spacial score (nSPS) is 20.0. The molecule has 0 bridgehead atoms. The molecule has 0 saturated carbocycles. The number of carbonyl (C=O) groups excluding carboxylic acids is 2. The molecule has 2 aliphatic heterocycles. The number of amides is 2. The number of para-hydroxylation sites is 1. The van der Waals surface area contributed by atoms with E-state index in [1.807, 2.05) is 0 Å². The molecule has 2 aromatic carbocycles. The second-order valence-electron chi connectivity index (χ2n) is 7.36. The van der Waals surface area contributed by atoms with Crippen molar-refractivity contribution >= 4 is 23.7 Å². The molecule has 156 valence electrons. The van der Waals surface area contributed by atoms with Gasteiger partial charge in [0.1, 0.15) is 5.82 Å². The lowest BCUT2D eigenvalue weighted by molar-refractivity contribution is -0.118. The molecule has 0 aromatic heterocycles. The SMILES string of the molecule is O=C1c2ccccc2[C@@H](C=NCCCN2CCOCC2)C(=O)N1c1ccccc1F. The Morgan fingerprint density at radius 2 is 1.80 bits per heavy atom. The molecule has 2 aliphatic rings. The Morgan fingerprint density at radius 1 is 1.07 bits per heavy atom. The van der Waals surface area contributed by atoms with Crippen LogP contribution in [-0.2, 0) is 9.53 Å². The van der Waals surface area contributed by atoms with Crippen LogP contribution in [-0.4, -0.2) is 62.3 Å². The maximum absolute atomic E-state index is 14.4. The standard InChI is InChI=1S/C23H24FN3O3/c24-20-8-3-4-9-21(20)27-22(28)18-7-2-1-6-17(18)19(23(27)29)16-25-10-5-11-26-12-14-30-15-13-26/h1-4,6-9,16,19H,5,10-15H2/t19-/m1/s1. The number of imide groups is 1. The Kier molecular flexibility index (Phi) is 6.30. The van der Waals surface area contributed by atoms with E-state index in [1.165, 1.54) is 18.2 Å². The Hall–Kier alpha value is -2.90. The van der Waals surface area contributed by atoms with Crippen LogP contribution in [0.2, 0.25) is 0 Å². The summed E-state index contributed by atoms with van der Waals surface area (Å²) in [4.78, 5) is 33.9. The molecule has 0 N–H and O–H groups in total. The molecule has 6 nitrogen and oxygen atoms in total. The second kappa shape index (κ2) is 9.28. The monoisotopic (exact) mass is 409 g/mol. The van der Waals surface area contributed by atoms with Gasteiger partial charge in [0.25, 0.3) is 5.91 Å². The predicted molar refractivity (Wildman–Crippen MR) is 113 cm³/mol. The molecule has 0 unspecified atom stereocenters. The molecule has 2 aromatic rings. The highest BCUT2D eigenvalue weighted by Gasteiger charge is 2.39. The number of hydrogen-bond acceptors (Lipinski definition) is 5. The lowest BCUT2D eigenvalue weighted by atomic mass is 9.89. The number of halogens is 1. The number of hydrogen-bond donors (Lipinski definition) is 0. The largest absolute Gasteiger partial charge is 0.379 e. The van der Waals surface area contributed by atoms with Crippen molar-refractivity contribution in [2.24, 2.45) is 4.99 Å². The lowest BCUT2D eigenvalue weighted by Gasteiger charge is -2.31. The molecule has 4 rings (SSSR count). The van der Waals surface area contributed by atoms with E-state index in [-0.39, 0.29) is 5.69 Å². The molecular weight excluding hydrogens is 385 g/mol. The van der Waals surface area contributed by atoms with Crippen molar-refractivity contribution in [2.75, 3.05) is 44.3 Å². The minimum Gasteiger partial charge on any atom is -0.379 e. The van der Waals surface area contributed by atoms with Gasteiger partial charge in [-0.25, -0.2) is 9.29 Å². The summed E-state index contributed by atoms with van der Waals surface area (Å²) in [6.45, 7) is 4.88. The molecule has 2 heterocycles. The number of rotatable bonds is 6. The van der Waals surface area contributed by atoms with Crippen molar-refractivity contribution in [1.29, 1.82) is 0 Å². The Bertz CT molecular complexity index is 956. The van der Waals surface area contributed by atoms with Crippen LogP contribution in [0.1, 0.15) is 28.3 Å². The fourth-order valence-electron chi connectivity index (χ4n) is 3.85. The van der Waals surface area contributed by atoms with Crippen LogP contribution >= 0.6 is 0 Å². The molecule has 2 amide bonds. The highest BCUT2D eigenvalue weighted by Crippen LogP contribution is 2.32. The molecular formula is C23H24FN3O3. The van der Waals surface area contributed by atoms with Gasteiger partial charge in [0.2, 0.25) is 5.91 Å². The first-order valence-electron chi connectivity index (χ1n) is 10.2. The van der Waals surface area contributed by atoms with Crippen molar-refractivity contribution in [3.63, 3.8) is 0 Å². The third-order valence-corrected chi connectivity index (χ3v) is 5.43. The van der Waals surface area contributed by atoms with Crippen LogP contribution in [0.25, 0.3) is 0 Å². The molecule has 1 saturated heterocycles. The van der Waals surface area contributed by atoms with E-state index in [4.69, 9.17) is 4.74 Å². The maximum atomic E-state index is 14.4. The number of carbonyl (C=O) groups is 2. The van der Waals surface area contributed by atoms with Crippen LogP contribution in [0.3, 0.4) is 0 Å². The zero-order valence-electron chi connectivity index (χ0n) is 16.7.